The van der Waals surface area contributed by atoms with Crippen LogP contribution < -0.4 is 0 Å². The van der Waals surface area contributed by atoms with Gasteiger partial charge in [-0.05, 0) is 68.4 Å². The molecule has 94 valence electrons. The molecule has 17 heavy (non-hydrogen) atoms. The molecule has 0 aromatic heterocycles. The first kappa shape index (κ1) is 11.8. The van der Waals surface area contributed by atoms with E-state index >= 15 is 0 Å². The molecule has 0 aromatic carbocycles. The van der Waals surface area contributed by atoms with E-state index in [0.29, 0.717) is 0 Å². The van der Waals surface area contributed by atoms with Gasteiger partial charge in [-0.25, -0.2) is 0 Å². The van der Waals surface area contributed by atoms with Crippen LogP contribution in [0.3, 0.4) is 0 Å². The lowest BCUT2D eigenvalue weighted by Gasteiger charge is -2.37. The van der Waals surface area contributed by atoms with Crippen LogP contribution in [-0.4, -0.2) is 8.07 Å². The largest absolute Gasteiger partial charge is 0.0771 e. The second-order valence-electron chi connectivity index (χ2n) is 7.21. The Morgan fingerprint density at radius 1 is 0.882 bits per heavy atom. The van der Waals surface area contributed by atoms with Gasteiger partial charge >= 0.3 is 0 Å². The maximum Gasteiger partial charge on any atom is 0.0728 e. The summed E-state index contributed by atoms with van der Waals surface area (Å²) in [6, 6.07) is 0. The van der Waals surface area contributed by atoms with E-state index in [1.807, 2.05) is 21.9 Å². The number of allylic oxidation sites excluding steroid dienone is 4. The highest BCUT2D eigenvalue weighted by Crippen LogP contribution is 2.50. The number of hydrogen-bond acceptors (Lipinski definition) is 0. The van der Waals surface area contributed by atoms with E-state index in [4.69, 9.17) is 0 Å². The van der Waals surface area contributed by atoms with Crippen LogP contribution in [0.15, 0.2) is 21.9 Å². The van der Waals surface area contributed by atoms with Crippen molar-refractivity contribution in [3.05, 3.63) is 21.9 Å². The average Bonchev–Trinajstić information content (AvgIpc) is 2.74. The van der Waals surface area contributed by atoms with Crippen molar-refractivity contribution in [3.8, 4) is 0 Å². The molecule has 0 aromatic rings. The molecule has 0 aliphatic heterocycles. The highest BCUT2D eigenvalue weighted by Gasteiger charge is 2.36. The van der Waals surface area contributed by atoms with Gasteiger partial charge in [-0.1, -0.05) is 30.4 Å². The number of rotatable bonds is 1. The van der Waals surface area contributed by atoms with Gasteiger partial charge in [0.2, 0.25) is 0 Å². The molecular weight excluding hydrogens is 220 g/mol. The molecule has 1 heteroatoms. The third-order valence-corrected chi connectivity index (χ3v) is 7.38. The molecule has 2 saturated carbocycles. The fraction of sp³-hybridized carbons (Fsp3) is 0.750. The highest BCUT2D eigenvalue weighted by atomic mass is 28.3. The fourth-order valence-corrected chi connectivity index (χ4v) is 6.30. The van der Waals surface area contributed by atoms with E-state index in [2.05, 4.69) is 19.6 Å². The molecular formula is C16H26Si. The van der Waals surface area contributed by atoms with Crippen molar-refractivity contribution in [3.63, 3.8) is 0 Å². The van der Waals surface area contributed by atoms with Crippen molar-refractivity contribution in [1.29, 1.82) is 0 Å². The maximum atomic E-state index is 2.56. The second kappa shape index (κ2) is 4.12. The first-order chi connectivity index (χ1) is 8.07. The molecule has 3 aliphatic carbocycles. The zero-order valence-electron chi connectivity index (χ0n) is 11.7. The predicted molar refractivity (Wildman–Crippen MR) is 77.8 cm³/mol. The minimum atomic E-state index is -1.08. The summed E-state index contributed by atoms with van der Waals surface area (Å²) in [5.74, 6) is 0.966. The van der Waals surface area contributed by atoms with E-state index in [-0.39, 0.29) is 0 Å². The molecule has 0 bridgehead atoms. The average molecular weight is 246 g/mol. The zero-order chi connectivity index (χ0) is 12.0. The summed E-state index contributed by atoms with van der Waals surface area (Å²) < 4.78 is 0. The summed E-state index contributed by atoms with van der Waals surface area (Å²) in [4.78, 5) is 0. The molecule has 0 unspecified atom stereocenters. The smallest absolute Gasteiger partial charge is 0.0728 e. The summed E-state index contributed by atoms with van der Waals surface area (Å²) in [6.07, 6.45) is 11.6. The first-order valence-corrected chi connectivity index (χ1v) is 11.0. The molecule has 0 nitrogen and oxygen atoms in total. The zero-order valence-corrected chi connectivity index (χ0v) is 12.7. The van der Waals surface area contributed by atoms with Gasteiger partial charge in [0.15, 0.2) is 0 Å². The van der Waals surface area contributed by atoms with Crippen LogP contribution in [0.2, 0.25) is 19.6 Å². The molecule has 0 saturated heterocycles. The van der Waals surface area contributed by atoms with E-state index in [0.717, 1.165) is 5.92 Å². The SMILES string of the molecule is C[Si](C)(C)C1=C2CCCCC2=C2CCC[C@@H]2C1. The standard InChI is InChI=1S/C16H26Si/c1-17(2,3)16-11-12-7-6-10-13(12)14-8-4-5-9-15(14)16/h12H,4-11H2,1-3H3/t12-/m1/s1. The van der Waals surface area contributed by atoms with Gasteiger partial charge in [-0.15, -0.1) is 0 Å². The summed E-state index contributed by atoms with van der Waals surface area (Å²) >= 11 is 0. The Balaban J connectivity index is 2.08. The third kappa shape index (κ3) is 1.97. The Labute approximate surface area is 107 Å². The van der Waals surface area contributed by atoms with E-state index in [1.54, 1.807) is 0 Å². The molecule has 0 N–H and O–H groups in total. The fourth-order valence-electron chi connectivity index (χ4n) is 4.26. The van der Waals surface area contributed by atoms with E-state index in [9.17, 15) is 0 Å². The highest BCUT2D eigenvalue weighted by molar-refractivity contribution is 6.83. The van der Waals surface area contributed by atoms with E-state index < -0.39 is 8.07 Å². The number of fused-ring (bicyclic) bond motifs is 2. The third-order valence-electron chi connectivity index (χ3n) is 5.07. The van der Waals surface area contributed by atoms with Gasteiger partial charge in [-0.2, -0.15) is 0 Å². The molecule has 2 fully saturated rings. The Hall–Kier alpha value is -0.303. The molecule has 3 aliphatic rings. The van der Waals surface area contributed by atoms with Crippen molar-refractivity contribution >= 4 is 8.07 Å². The summed E-state index contributed by atoms with van der Waals surface area (Å²) in [5.41, 5.74) is 5.63. The lowest BCUT2D eigenvalue weighted by atomic mass is 9.78. The van der Waals surface area contributed by atoms with Crippen LogP contribution in [0.4, 0.5) is 0 Å². The molecule has 0 radical (unpaired) electrons. The quantitative estimate of drug-likeness (QED) is 0.555. The molecule has 1 atom stereocenters. The van der Waals surface area contributed by atoms with Gasteiger partial charge in [-0.3, -0.25) is 0 Å². The maximum absolute atomic E-state index is 2.56. The summed E-state index contributed by atoms with van der Waals surface area (Å²) in [6.45, 7) is 7.67. The van der Waals surface area contributed by atoms with E-state index in [1.165, 1.54) is 51.4 Å². The number of hydrogen-bond donors (Lipinski definition) is 0. The Morgan fingerprint density at radius 2 is 1.59 bits per heavy atom. The van der Waals surface area contributed by atoms with Crippen molar-refractivity contribution in [2.24, 2.45) is 5.92 Å². The van der Waals surface area contributed by atoms with Crippen LogP contribution in [0, 0.1) is 5.92 Å². The van der Waals surface area contributed by atoms with Crippen LogP contribution in [-0.2, 0) is 0 Å². The van der Waals surface area contributed by atoms with Crippen molar-refractivity contribution in [1.82, 2.24) is 0 Å². The lowest BCUT2D eigenvalue weighted by Crippen LogP contribution is -2.30. The molecule has 0 heterocycles. The second-order valence-corrected chi connectivity index (χ2v) is 12.3. The minimum Gasteiger partial charge on any atom is -0.0771 e. The van der Waals surface area contributed by atoms with Gasteiger partial charge in [0, 0.05) is 0 Å². The monoisotopic (exact) mass is 246 g/mol. The van der Waals surface area contributed by atoms with Crippen molar-refractivity contribution < 1.29 is 0 Å². The molecule has 3 rings (SSSR count). The lowest BCUT2D eigenvalue weighted by molar-refractivity contribution is 0.579. The normalized spacial score (nSPS) is 29.5. The van der Waals surface area contributed by atoms with Crippen LogP contribution in [0.5, 0.6) is 0 Å². The predicted octanol–water partition coefficient (Wildman–Crippen LogP) is 5.23. The first-order valence-electron chi connectivity index (χ1n) is 7.52. The Kier molecular flexibility index (Phi) is 2.85. The minimum absolute atomic E-state index is 0.966. The van der Waals surface area contributed by atoms with Crippen LogP contribution in [0.1, 0.15) is 51.4 Å². The molecule has 0 amide bonds. The van der Waals surface area contributed by atoms with Gasteiger partial charge in [0.1, 0.15) is 0 Å². The van der Waals surface area contributed by atoms with Gasteiger partial charge in [0.25, 0.3) is 0 Å². The van der Waals surface area contributed by atoms with Gasteiger partial charge in [0.05, 0.1) is 8.07 Å². The van der Waals surface area contributed by atoms with Crippen molar-refractivity contribution in [2.75, 3.05) is 0 Å². The van der Waals surface area contributed by atoms with Crippen molar-refractivity contribution in [2.45, 2.75) is 71.0 Å². The summed E-state index contributed by atoms with van der Waals surface area (Å²) in [7, 11) is -1.08. The van der Waals surface area contributed by atoms with Crippen LogP contribution in [0.25, 0.3) is 0 Å². The Morgan fingerprint density at radius 3 is 2.29 bits per heavy atom. The summed E-state index contributed by atoms with van der Waals surface area (Å²) in [5, 5.41) is 1.95. The Bertz CT molecular complexity index is 392. The van der Waals surface area contributed by atoms with Crippen LogP contribution >= 0.6 is 0 Å². The molecule has 0 spiro atoms. The van der Waals surface area contributed by atoms with Gasteiger partial charge < -0.3 is 0 Å². The topological polar surface area (TPSA) is 0 Å².